The third-order valence-electron chi connectivity index (χ3n) is 5.09. The molecule has 128 valence electrons. The SMILES string of the molecule is CC1CCC(C)(C)C1CCC(N)C(O)N[C@H](C=O)CC(=O)O. The van der Waals surface area contributed by atoms with Crippen molar-refractivity contribution in [3.05, 3.63) is 0 Å². The second-order valence-electron chi connectivity index (χ2n) is 7.30. The van der Waals surface area contributed by atoms with Crippen molar-refractivity contribution in [2.45, 2.75) is 71.2 Å². The number of nitrogens with one attached hydrogen (secondary N) is 1. The maximum Gasteiger partial charge on any atom is 0.305 e. The average molecular weight is 314 g/mol. The van der Waals surface area contributed by atoms with Gasteiger partial charge in [-0.2, -0.15) is 0 Å². The lowest BCUT2D eigenvalue weighted by Crippen LogP contribution is -2.50. The van der Waals surface area contributed by atoms with E-state index in [-0.39, 0.29) is 6.42 Å². The van der Waals surface area contributed by atoms with Crippen molar-refractivity contribution in [2.24, 2.45) is 23.0 Å². The summed E-state index contributed by atoms with van der Waals surface area (Å²) in [4.78, 5) is 21.4. The Morgan fingerprint density at radius 1 is 1.50 bits per heavy atom. The number of aliphatic carboxylic acids is 1. The molecule has 22 heavy (non-hydrogen) atoms. The first-order valence-electron chi connectivity index (χ1n) is 8.04. The highest BCUT2D eigenvalue weighted by atomic mass is 16.4. The minimum Gasteiger partial charge on any atom is -0.481 e. The summed E-state index contributed by atoms with van der Waals surface area (Å²) in [6.45, 7) is 6.81. The lowest BCUT2D eigenvalue weighted by molar-refractivity contribution is -0.138. The molecule has 1 aliphatic carbocycles. The number of aliphatic hydroxyl groups is 1. The Labute approximate surface area is 132 Å². The molecule has 0 aromatic rings. The van der Waals surface area contributed by atoms with Crippen LogP contribution in [0.3, 0.4) is 0 Å². The smallest absolute Gasteiger partial charge is 0.305 e. The molecule has 1 fully saturated rings. The number of hydrogen-bond acceptors (Lipinski definition) is 5. The zero-order chi connectivity index (χ0) is 16.9. The summed E-state index contributed by atoms with van der Waals surface area (Å²) in [6.07, 6.45) is 3.06. The van der Waals surface area contributed by atoms with Crippen LogP contribution in [0, 0.1) is 17.3 Å². The monoisotopic (exact) mass is 314 g/mol. The van der Waals surface area contributed by atoms with E-state index < -0.39 is 24.3 Å². The van der Waals surface area contributed by atoms with Gasteiger partial charge in [0, 0.05) is 6.04 Å². The van der Waals surface area contributed by atoms with Crippen LogP contribution in [0.2, 0.25) is 0 Å². The van der Waals surface area contributed by atoms with E-state index in [0.29, 0.717) is 30.0 Å². The van der Waals surface area contributed by atoms with Crippen molar-refractivity contribution in [1.82, 2.24) is 5.32 Å². The minimum atomic E-state index is -1.09. The quantitative estimate of drug-likeness (QED) is 0.375. The topological polar surface area (TPSA) is 113 Å². The van der Waals surface area contributed by atoms with Crippen LogP contribution in [0.4, 0.5) is 0 Å². The third-order valence-corrected chi connectivity index (χ3v) is 5.09. The number of rotatable bonds is 9. The fourth-order valence-corrected chi connectivity index (χ4v) is 3.64. The van der Waals surface area contributed by atoms with Gasteiger partial charge < -0.3 is 20.7 Å². The standard InChI is InChI=1S/C16H30N2O4/c1-10-6-7-16(2,3)12(10)4-5-13(17)15(22)18-11(9-19)8-14(20)21/h9-13,15,18,22H,4-8,17H2,1-3H3,(H,20,21)/t10?,11-,12?,13?,15?/m0/s1. The molecule has 0 heterocycles. The summed E-state index contributed by atoms with van der Waals surface area (Å²) in [5, 5.41) is 21.3. The minimum absolute atomic E-state index is 0.298. The van der Waals surface area contributed by atoms with Gasteiger partial charge in [-0.05, 0) is 42.9 Å². The fourth-order valence-electron chi connectivity index (χ4n) is 3.64. The maximum absolute atomic E-state index is 10.8. The van der Waals surface area contributed by atoms with Gasteiger partial charge in [0.1, 0.15) is 12.5 Å². The van der Waals surface area contributed by atoms with Crippen LogP contribution in [-0.4, -0.2) is 40.8 Å². The van der Waals surface area contributed by atoms with E-state index in [1.165, 1.54) is 12.8 Å². The molecule has 4 unspecified atom stereocenters. The van der Waals surface area contributed by atoms with Gasteiger partial charge in [0.15, 0.2) is 0 Å². The van der Waals surface area contributed by atoms with Gasteiger partial charge in [0.25, 0.3) is 0 Å². The van der Waals surface area contributed by atoms with Crippen molar-refractivity contribution in [3.63, 3.8) is 0 Å². The summed E-state index contributed by atoms with van der Waals surface area (Å²) < 4.78 is 0. The van der Waals surface area contributed by atoms with E-state index in [4.69, 9.17) is 10.8 Å². The number of hydrogen-bond donors (Lipinski definition) is 4. The van der Waals surface area contributed by atoms with Crippen molar-refractivity contribution >= 4 is 12.3 Å². The van der Waals surface area contributed by atoms with Crippen LogP contribution in [0.15, 0.2) is 0 Å². The van der Waals surface area contributed by atoms with Gasteiger partial charge in [-0.15, -0.1) is 0 Å². The summed E-state index contributed by atoms with van der Waals surface area (Å²) in [6, 6.07) is -1.43. The Balaban J connectivity index is 2.45. The molecule has 0 saturated heterocycles. The number of carbonyl (C=O) groups excluding carboxylic acids is 1. The first kappa shape index (κ1) is 19.1. The molecule has 0 aromatic heterocycles. The predicted molar refractivity (Wildman–Crippen MR) is 84.1 cm³/mol. The summed E-state index contributed by atoms with van der Waals surface area (Å²) in [5.74, 6) is 0.139. The third kappa shape index (κ3) is 5.34. The van der Waals surface area contributed by atoms with Crippen LogP contribution in [0.5, 0.6) is 0 Å². The van der Waals surface area contributed by atoms with Gasteiger partial charge >= 0.3 is 5.97 Å². The predicted octanol–water partition coefficient (Wildman–Crippen LogP) is 1.12. The number of carboxylic acids is 1. The van der Waals surface area contributed by atoms with Crippen LogP contribution >= 0.6 is 0 Å². The molecule has 1 rings (SSSR count). The highest BCUT2D eigenvalue weighted by molar-refractivity contribution is 5.73. The Morgan fingerprint density at radius 3 is 2.59 bits per heavy atom. The molecular formula is C16H30N2O4. The first-order chi connectivity index (χ1) is 10.2. The molecule has 0 bridgehead atoms. The lowest BCUT2D eigenvalue weighted by atomic mass is 9.76. The van der Waals surface area contributed by atoms with E-state index >= 15 is 0 Å². The number of carboxylic acid groups (broad SMARTS) is 1. The molecule has 5 atom stereocenters. The number of nitrogens with two attached hydrogens (primary N) is 1. The van der Waals surface area contributed by atoms with Crippen LogP contribution < -0.4 is 11.1 Å². The fraction of sp³-hybridized carbons (Fsp3) is 0.875. The van der Waals surface area contributed by atoms with Gasteiger partial charge in [-0.25, -0.2) is 0 Å². The Hall–Kier alpha value is -0.980. The van der Waals surface area contributed by atoms with Gasteiger partial charge in [-0.1, -0.05) is 20.8 Å². The van der Waals surface area contributed by atoms with Crippen LogP contribution in [0.25, 0.3) is 0 Å². The van der Waals surface area contributed by atoms with E-state index in [1.54, 1.807) is 0 Å². The highest BCUT2D eigenvalue weighted by Crippen LogP contribution is 2.48. The van der Waals surface area contributed by atoms with Crippen LogP contribution in [0.1, 0.15) is 52.9 Å². The van der Waals surface area contributed by atoms with Gasteiger partial charge in [-0.3, -0.25) is 10.1 Å². The normalized spacial score (nSPS) is 28.0. The highest BCUT2D eigenvalue weighted by Gasteiger charge is 2.39. The molecule has 6 heteroatoms. The van der Waals surface area contributed by atoms with E-state index in [1.807, 2.05) is 0 Å². The summed E-state index contributed by atoms with van der Waals surface area (Å²) in [7, 11) is 0. The molecule has 0 amide bonds. The van der Waals surface area contributed by atoms with E-state index in [0.717, 1.165) is 6.42 Å². The molecule has 0 spiro atoms. The summed E-state index contributed by atoms with van der Waals surface area (Å²) in [5.41, 5.74) is 6.29. The Kier molecular flexibility index (Phi) is 6.97. The molecule has 0 radical (unpaired) electrons. The Morgan fingerprint density at radius 2 is 2.14 bits per heavy atom. The summed E-state index contributed by atoms with van der Waals surface area (Å²) >= 11 is 0. The number of carbonyl (C=O) groups is 2. The number of aliphatic hydroxyl groups excluding tert-OH is 1. The number of aldehydes is 1. The van der Waals surface area contributed by atoms with E-state index in [9.17, 15) is 14.7 Å². The van der Waals surface area contributed by atoms with Gasteiger partial charge in [0.05, 0.1) is 12.5 Å². The van der Waals surface area contributed by atoms with Crippen LogP contribution in [-0.2, 0) is 9.59 Å². The van der Waals surface area contributed by atoms with Crippen molar-refractivity contribution in [1.29, 1.82) is 0 Å². The maximum atomic E-state index is 10.8. The molecule has 5 N–H and O–H groups in total. The Bertz CT molecular complexity index is 386. The van der Waals surface area contributed by atoms with Crippen molar-refractivity contribution in [3.8, 4) is 0 Å². The van der Waals surface area contributed by atoms with Gasteiger partial charge in [0.2, 0.25) is 0 Å². The zero-order valence-corrected chi connectivity index (χ0v) is 13.8. The molecule has 6 nitrogen and oxygen atoms in total. The zero-order valence-electron chi connectivity index (χ0n) is 13.8. The lowest BCUT2D eigenvalue weighted by Gasteiger charge is -2.31. The molecule has 1 saturated carbocycles. The van der Waals surface area contributed by atoms with Crippen molar-refractivity contribution < 1.29 is 19.8 Å². The molecule has 0 aliphatic heterocycles. The second kappa shape index (κ2) is 8.04. The molecule has 0 aromatic carbocycles. The first-order valence-corrected chi connectivity index (χ1v) is 8.04. The molecule has 1 aliphatic rings. The van der Waals surface area contributed by atoms with Crippen molar-refractivity contribution in [2.75, 3.05) is 0 Å². The molecular weight excluding hydrogens is 284 g/mol. The average Bonchev–Trinajstić information content (AvgIpc) is 2.68. The second-order valence-corrected chi connectivity index (χ2v) is 7.30. The largest absolute Gasteiger partial charge is 0.481 e. The van der Waals surface area contributed by atoms with E-state index in [2.05, 4.69) is 26.1 Å².